The fraction of sp³-hybridized carbons (Fsp3) is 0.312. The summed E-state index contributed by atoms with van der Waals surface area (Å²) < 4.78 is 0. The monoisotopic (exact) mass is 254 g/mol. The van der Waals surface area contributed by atoms with Gasteiger partial charge in [-0.05, 0) is 17.5 Å². The Morgan fingerprint density at radius 3 is 2.42 bits per heavy atom. The van der Waals surface area contributed by atoms with Crippen LogP contribution in [0.4, 0.5) is 0 Å². The van der Waals surface area contributed by atoms with Crippen molar-refractivity contribution >= 4 is 5.78 Å². The van der Waals surface area contributed by atoms with E-state index in [1.165, 1.54) is 5.56 Å². The van der Waals surface area contributed by atoms with Crippen molar-refractivity contribution in [2.75, 3.05) is 0 Å². The second kappa shape index (κ2) is 5.74. The number of carbonyl (C=O) groups is 1. The highest BCUT2D eigenvalue weighted by atomic mass is 16.1. The number of hydrogen-bond acceptors (Lipinski definition) is 3. The predicted octanol–water partition coefficient (Wildman–Crippen LogP) is 3.54. The maximum Gasteiger partial charge on any atom is 0.202 e. The number of aryl methyl sites for hydroxylation is 1. The molecule has 0 fully saturated rings. The van der Waals surface area contributed by atoms with Crippen LogP contribution in [0.15, 0.2) is 36.7 Å². The molecule has 0 aliphatic heterocycles. The average molecular weight is 254 g/mol. The third-order valence-corrected chi connectivity index (χ3v) is 3.07. The Labute approximate surface area is 113 Å². The van der Waals surface area contributed by atoms with Gasteiger partial charge in [-0.15, -0.1) is 0 Å². The van der Waals surface area contributed by atoms with Gasteiger partial charge in [0.2, 0.25) is 5.78 Å². The van der Waals surface area contributed by atoms with Crippen molar-refractivity contribution in [2.45, 2.75) is 27.2 Å². The lowest BCUT2D eigenvalue weighted by molar-refractivity contribution is 0.0929. The molecule has 19 heavy (non-hydrogen) atoms. The van der Waals surface area contributed by atoms with Crippen molar-refractivity contribution in [3.63, 3.8) is 0 Å². The summed E-state index contributed by atoms with van der Waals surface area (Å²) in [5.74, 6) is 0.202. The normalized spacial score (nSPS) is 10.7. The number of aromatic nitrogens is 2. The van der Waals surface area contributed by atoms with Crippen LogP contribution >= 0.6 is 0 Å². The van der Waals surface area contributed by atoms with Crippen LogP contribution in [0.2, 0.25) is 0 Å². The molecule has 3 nitrogen and oxygen atoms in total. The van der Waals surface area contributed by atoms with Crippen LogP contribution < -0.4 is 0 Å². The summed E-state index contributed by atoms with van der Waals surface area (Å²) in [6.07, 6.45) is 4.44. The van der Waals surface area contributed by atoms with Gasteiger partial charge in [0.1, 0.15) is 0 Å². The van der Waals surface area contributed by atoms with Crippen molar-refractivity contribution in [1.29, 1.82) is 0 Å². The highest BCUT2D eigenvalue weighted by molar-refractivity contribution is 5.94. The SMILES string of the molecule is CCc1cccc(-c2cnc(C(=O)C(C)C)nc2)c1. The van der Waals surface area contributed by atoms with Crippen LogP contribution in [0.3, 0.4) is 0 Å². The number of carbonyl (C=O) groups excluding carboxylic acids is 1. The number of Topliss-reactive ketones (excluding diaryl/α,β-unsaturated/α-hetero) is 1. The Kier molecular flexibility index (Phi) is 4.05. The molecule has 0 radical (unpaired) electrons. The van der Waals surface area contributed by atoms with Gasteiger partial charge in [0, 0.05) is 23.9 Å². The average Bonchev–Trinajstić information content (AvgIpc) is 2.46. The van der Waals surface area contributed by atoms with Crippen molar-refractivity contribution in [3.05, 3.63) is 48.0 Å². The van der Waals surface area contributed by atoms with E-state index in [1.54, 1.807) is 12.4 Å². The first-order valence-corrected chi connectivity index (χ1v) is 6.57. The van der Waals surface area contributed by atoms with Crippen LogP contribution in [-0.2, 0) is 6.42 Å². The van der Waals surface area contributed by atoms with Crippen molar-refractivity contribution in [1.82, 2.24) is 9.97 Å². The molecular formula is C16H18N2O. The Morgan fingerprint density at radius 2 is 1.84 bits per heavy atom. The zero-order valence-corrected chi connectivity index (χ0v) is 11.6. The molecule has 1 aromatic carbocycles. The first kappa shape index (κ1) is 13.4. The summed E-state index contributed by atoms with van der Waals surface area (Å²) in [5, 5.41) is 0. The second-order valence-corrected chi connectivity index (χ2v) is 4.87. The van der Waals surface area contributed by atoms with E-state index < -0.39 is 0 Å². The van der Waals surface area contributed by atoms with E-state index in [2.05, 4.69) is 29.0 Å². The van der Waals surface area contributed by atoms with E-state index in [0.29, 0.717) is 5.82 Å². The van der Waals surface area contributed by atoms with Gasteiger partial charge < -0.3 is 0 Å². The molecule has 1 aromatic heterocycles. The van der Waals surface area contributed by atoms with Gasteiger partial charge in [-0.25, -0.2) is 9.97 Å². The molecule has 0 N–H and O–H groups in total. The van der Waals surface area contributed by atoms with E-state index in [0.717, 1.165) is 17.5 Å². The fourth-order valence-corrected chi connectivity index (χ4v) is 1.83. The second-order valence-electron chi connectivity index (χ2n) is 4.87. The van der Waals surface area contributed by atoms with E-state index in [1.807, 2.05) is 26.0 Å². The zero-order chi connectivity index (χ0) is 13.8. The highest BCUT2D eigenvalue weighted by Gasteiger charge is 2.13. The van der Waals surface area contributed by atoms with E-state index in [9.17, 15) is 4.79 Å². The van der Waals surface area contributed by atoms with Crippen LogP contribution in [0.5, 0.6) is 0 Å². The van der Waals surface area contributed by atoms with Crippen molar-refractivity contribution in [3.8, 4) is 11.1 Å². The largest absolute Gasteiger partial charge is 0.290 e. The van der Waals surface area contributed by atoms with Gasteiger partial charge in [0.15, 0.2) is 5.82 Å². The Hall–Kier alpha value is -2.03. The van der Waals surface area contributed by atoms with Crippen LogP contribution in [0, 0.1) is 5.92 Å². The molecule has 98 valence electrons. The molecule has 1 heterocycles. The number of hydrogen-bond donors (Lipinski definition) is 0. The molecule has 2 aromatic rings. The van der Waals surface area contributed by atoms with E-state index in [4.69, 9.17) is 0 Å². The topological polar surface area (TPSA) is 42.9 Å². The number of rotatable bonds is 4. The van der Waals surface area contributed by atoms with Gasteiger partial charge in [0.05, 0.1) is 0 Å². The summed E-state index contributed by atoms with van der Waals surface area (Å²) in [4.78, 5) is 20.1. The van der Waals surface area contributed by atoms with Crippen LogP contribution in [0.25, 0.3) is 11.1 Å². The minimum atomic E-state index is -0.0748. The number of ketones is 1. The lowest BCUT2D eigenvalue weighted by Crippen LogP contribution is -2.11. The van der Waals surface area contributed by atoms with Gasteiger partial charge in [-0.2, -0.15) is 0 Å². The summed E-state index contributed by atoms with van der Waals surface area (Å²) >= 11 is 0. The Morgan fingerprint density at radius 1 is 1.16 bits per heavy atom. The molecular weight excluding hydrogens is 236 g/mol. The predicted molar refractivity (Wildman–Crippen MR) is 76.0 cm³/mol. The first-order chi connectivity index (χ1) is 9.11. The number of nitrogens with zero attached hydrogens (tertiary/aromatic N) is 2. The summed E-state index contributed by atoms with van der Waals surface area (Å²) in [5.41, 5.74) is 3.30. The van der Waals surface area contributed by atoms with Crippen LogP contribution in [0.1, 0.15) is 37.0 Å². The quantitative estimate of drug-likeness (QED) is 0.784. The molecule has 0 amide bonds. The molecule has 3 heteroatoms. The maximum atomic E-state index is 11.8. The minimum Gasteiger partial charge on any atom is -0.290 e. The summed E-state index contributed by atoms with van der Waals surface area (Å²) in [7, 11) is 0. The molecule has 0 aliphatic carbocycles. The van der Waals surface area contributed by atoms with E-state index in [-0.39, 0.29) is 11.7 Å². The molecule has 0 saturated heterocycles. The van der Waals surface area contributed by atoms with E-state index >= 15 is 0 Å². The molecule has 0 unspecified atom stereocenters. The Balaban J connectivity index is 2.29. The van der Waals surface area contributed by atoms with Crippen LogP contribution in [-0.4, -0.2) is 15.8 Å². The van der Waals surface area contributed by atoms with Gasteiger partial charge >= 0.3 is 0 Å². The third kappa shape index (κ3) is 3.05. The Bertz CT molecular complexity index is 574. The lowest BCUT2D eigenvalue weighted by atomic mass is 10.0. The number of benzene rings is 1. The highest BCUT2D eigenvalue weighted by Crippen LogP contribution is 2.19. The first-order valence-electron chi connectivity index (χ1n) is 6.57. The fourth-order valence-electron chi connectivity index (χ4n) is 1.83. The molecule has 0 saturated carbocycles. The molecule has 0 atom stereocenters. The molecule has 0 aliphatic rings. The van der Waals surface area contributed by atoms with Crippen molar-refractivity contribution < 1.29 is 4.79 Å². The van der Waals surface area contributed by atoms with Gasteiger partial charge in [-0.1, -0.05) is 45.0 Å². The van der Waals surface area contributed by atoms with Crippen molar-refractivity contribution in [2.24, 2.45) is 5.92 Å². The zero-order valence-electron chi connectivity index (χ0n) is 11.6. The summed E-state index contributed by atoms with van der Waals surface area (Å²) in [6.45, 7) is 5.83. The smallest absolute Gasteiger partial charge is 0.202 e. The standard InChI is InChI=1S/C16H18N2O/c1-4-12-6-5-7-13(8-12)14-9-17-16(18-10-14)15(19)11(2)3/h5-11H,4H2,1-3H3. The lowest BCUT2D eigenvalue weighted by Gasteiger charge is -2.05. The molecule has 0 bridgehead atoms. The third-order valence-electron chi connectivity index (χ3n) is 3.07. The summed E-state index contributed by atoms with van der Waals surface area (Å²) in [6, 6.07) is 8.28. The maximum absolute atomic E-state index is 11.8. The van der Waals surface area contributed by atoms with Gasteiger partial charge in [-0.3, -0.25) is 4.79 Å². The van der Waals surface area contributed by atoms with Gasteiger partial charge in [0.25, 0.3) is 0 Å². The molecule has 0 spiro atoms. The minimum absolute atomic E-state index is 0.0196. The molecule has 2 rings (SSSR count).